The van der Waals surface area contributed by atoms with E-state index < -0.39 is 10.0 Å². The highest BCUT2D eigenvalue weighted by Crippen LogP contribution is 2.37. The Hall–Kier alpha value is -0.470. The molecule has 1 aromatic heterocycles. The lowest BCUT2D eigenvalue weighted by Crippen LogP contribution is -2.46. The Kier molecular flexibility index (Phi) is 4.89. The third-order valence-corrected chi connectivity index (χ3v) is 5.95. The van der Waals surface area contributed by atoms with Crippen molar-refractivity contribution >= 4 is 21.4 Å². The molecule has 1 spiro atoms. The molecule has 2 atom stereocenters. The maximum Gasteiger partial charge on any atom is 0.208 e. The summed E-state index contributed by atoms with van der Waals surface area (Å²) in [6.45, 7) is 3.40. The van der Waals surface area contributed by atoms with Gasteiger partial charge in [-0.3, -0.25) is 4.90 Å². The highest BCUT2D eigenvalue weighted by atomic mass is 32.2. The summed E-state index contributed by atoms with van der Waals surface area (Å²) in [6.07, 6.45) is 5.39. The minimum Gasteiger partial charge on any atom is -0.369 e. The summed E-state index contributed by atoms with van der Waals surface area (Å²) in [4.78, 5) is 2.45. The van der Waals surface area contributed by atoms with Crippen LogP contribution in [0.2, 0.25) is 0 Å². The lowest BCUT2D eigenvalue weighted by atomic mass is 9.90. The van der Waals surface area contributed by atoms with Crippen molar-refractivity contribution in [1.29, 1.82) is 0 Å². The first-order valence-electron chi connectivity index (χ1n) is 7.80. The maximum absolute atomic E-state index is 11.2. The third-order valence-electron chi connectivity index (χ3n) is 4.53. The molecule has 2 saturated heterocycles. The van der Waals surface area contributed by atoms with Crippen LogP contribution >= 0.6 is 11.3 Å². The first-order valence-corrected chi connectivity index (χ1v) is 10.6. The van der Waals surface area contributed by atoms with Gasteiger partial charge in [0.15, 0.2) is 0 Å². The van der Waals surface area contributed by atoms with Gasteiger partial charge in [0.1, 0.15) is 0 Å². The number of hydrogen-bond acceptors (Lipinski definition) is 5. The van der Waals surface area contributed by atoms with Crippen molar-refractivity contribution < 1.29 is 13.2 Å². The lowest BCUT2D eigenvalue weighted by molar-refractivity contribution is -0.118. The van der Waals surface area contributed by atoms with E-state index in [-0.39, 0.29) is 11.7 Å². The van der Waals surface area contributed by atoms with Gasteiger partial charge in [-0.05, 0) is 48.1 Å². The molecule has 0 radical (unpaired) electrons. The molecule has 3 heterocycles. The van der Waals surface area contributed by atoms with Crippen LogP contribution in [-0.4, -0.2) is 50.9 Å². The van der Waals surface area contributed by atoms with Crippen LogP contribution in [0.3, 0.4) is 0 Å². The summed E-state index contributed by atoms with van der Waals surface area (Å²) >= 11 is 1.74. The smallest absolute Gasteiger partial charge is 0.208 e. The Labute approximate surface area is 136 Å². The second-order valence-electron chi connectivity index (χ2n) is 6.53. The van der Waals surface area contributed by atoms with Crippen molar-refractivity contribution in [2.45, 2.75) is 43.9 Å². The summed E-state index contributed by atoms with van der Waals surface area (Å²) < 4.78 is 31.4. The number of likely N-dealkylation sites (tertiary alicyclic amines) is 1. The predicted octanol–water partition coefficient (Wildman–Crippen LogP) is 1.81. The van der Waals surface area contributed by atoms with Crippen LogP contribution in [0, 0.1) is 0 Å². The van der Waals surface area contributed by atoms with Gasteiger partial charge in [-0.1, -0.05) is 0 Å². The molecule has 1 aromatic rings. The first kappa shape index (κ1) is 16.4. The molecular weight excluding hydrogens is 320 g/mol. The lowest BCUT2D eigenvalue weighted by Gasteiger charge is -2.38. The van der Waals surface area contributed by atoms with Crippen LogP contribution in [-0.2, 0) is 21.3 Å². The van der Waals surface area contributed by atoms with Crippen molar-refractivity contribution in [2.24, 2.45) is 0 Å². The van der Waals surface area contributed by atoms with Gasteiger partial charge in [0.05, 0.1) is 18.0 Å². The minimum absolute atomic E-state index is 0.00423. The van der Waals surface area contributed by atoms with E-state index in [4.69, 9.17) is 4.74 Å². The largest absolute Gasteiger partial charge is 0.369 e. The van der Waals surface area contributed by atoms with Gasteiger partial charge in [0, 0.05) is 26.2 Å². The summed E-state index contributed by atoms with van der Waals surface area (Å²) in [5.41, 5.74) is 1.30. The van der Waals surface area contributed by atoms with Crippen molar-refractivity contribution in [1.82, 2.24) is 9.62 Å². The van der Waals surface area contributed by atoms with Gasteiger partial charge in [-0.25, -0.2) is 13.1 Å². The van der Waals surface area contributed by atoms with Gasteiger partial charge in [0.2, 0.25) is 10.0 Å². The zero-order valence-electron chi connectivity index (χ0n) is 13.0. The van der Waals surface area contributed by atoms with Crippen molar-refractivity contribution in [2.75, 3.05) is 25.9 Å². The highest BCUT2D eigenvalue weighted by Gasteiger charge is 2.42. The van der Waals surface area contributed by atoms with Crippen molar-refractivity contribution in [3.8, 4) is 0 Å². The average Bonchev–Trinajstić information content (AvgIpc) is 3.08. The number of rotatable bonds is 5. The minimum atomic E-state index is -3.14. The van der Waals surface area contributed by atoms with E-state index in [1.165, 1.54) is 11.8 Å². The van der Waals surface area contributed by atoms with Crippen LogP contribution in [0.1, 0.15) is 31.2 Å². The molecule has 22 heavy (non-hydrogen) atoms. The molecular formula is C15H24N2O3S2. The fourth-order valence-corrected chi connectivity index (χ4v) is 4.66. The predicted molar refractivity (Wildman–Crippen MR) is 88.5 cm³/mol. The Morgan fingerprint density at radius 3 is 3.09 bits per heavy atom. The summed E-state index contributed by atoms with van der Waals surface area (Å²) in [6, 6.07) is 2.18. The maximum atomic E-state index is 11.2. The number of sulfonamides is 1. The third kappa shape index (κ3) is 4.29. The van der Waals surface area contributed by atoms with Gasteiger partial charge >= 0.3 is 0 Å². The summed E-state index contributed by atoms with van der Waals surface area (Å²) in [7, 11) is -3.14. The highest BCUT2D eigenvalue weighted by molar-refractivity contribution is 7.88. The van der Waals surface area contributed by atoms with Crippen LogP contribution in [0.4, 0.5) is 0 Å². The van der Waals surface area contributed by atoms with Gasteiger partial charge < -0.3 is 4.74 Å². The van der Waals surface area contributed by atoms with Crippen LogP contribution in [0.15, 0.2) is 16.8 Å². The van der Waals surface area contributed by atoms with Crippen LogP contribution in [0.25, 0.3) is 0 Å². The summed E-state index contributed by atoms with van der Waals surface area (Å²) in [5, 5.41) is 4.32. The molecule has 1 N–H and O–H groups in total. The topological polar surface area (TPSA) is 58.6 Å². The molecule has 3 rings (SSSR count). The normalized spacial score (nSPS) is 30.1. The first-order chi connectivity index (χ1) is 10.4. The molecule has 0 aromatic carbocycles. The van der Waals surface area contributed by atoms with Crippen LogP contribution in [0.5, 0.6) is 0 Å². The fraction of sp³-hybridized carbons (Fsp3) is 0.733. The van der Waals surface area contributed by atoms with E-state index in [1.807, 2.05) is 0 Å². The van der Waals surface area contributed by atoms with Gasteiger partial charge in [-0.15, -0.1) is 0 Å². The monoisotopic (exact) mass is 344 g/mol. The quantitative estimate of drug-likeness (QED) is 0.885. The van der Waals surface area contributed by atoms with Gasteiger partial charge in [-0.2, -0.15) is 11.3 Å². The van der Waals surface area contributed by atoms with E-state index in [2.05, 4.69) is 26.4 Å². The molecule has 2 fully saturated rings. The Bertz CT molecular complexity index is 588. The van der Waals surface area contributed by atoms with Crippen LogP contribution < -0.4 is 4.72 Å². The SMILES string of the molecule is CS(=O)(=O)NC[C@@H]1CCC[C@]2(CCN(Cc3ccsc3)C2)O1. The number of thiophene rings is 1. The fourth-order valence-electron chi connectivity index (χ4n) is 3.51. The molecule has 0 aliphatic carbocycles. The number of nitrogens with zero attached hydrogens (tertiary/aromatic N) is 1. The second-order valence-corrected chi connectivity index (χ2v) is 9.14. The molecule has 124 valence electrons. The number of nitrogens with one attached hydrogen (secondary N) is 1. The molecule has 0 saturated carbocycles. The van der Waals surface area contributed by atoms with E-state index in [9.17, 15) is 8.42 Å². The molecule has 2 aliphatic heterocycles. The Morgan fingerprint density at radius 1 is 1.50 bits per heavy atom. The van der Waals surface area contributed by atoms with Crippen molar-refractivity contribution in [3.63, 3.8) is 0 Å². The zero-order valence-corrected chi connectivity index (χ0v) is 14.6. The number of hydrogen-bond donors (Lipinski definition) is 1. The second kappa shape index (κ2) is 6.57. The molecule has 0 unspecified atom stereocenters. The van der Waals surface area contributed by atoms with Crippen molar-refractivity contribution in [3.05, 3.63) is 22.4 Å². The standard InChI is InChI=1S/C15H24N2O3S2/c1-22(18,19)16-9-14-3-2-5-15(20-14)6-7-17(12-15)10-13-4-8-21-11-13/h4,8,11,14,16H,2-3,5-7,9-10,12H2,1H3/t14-,15+/m0/s1. The van der Waals surface area contributed by atoms with E-state index >= 15 is 0 Å². The van der Waals surface area contributed by atoms with Gasteiger partial charge in [0.25, 0.3) is 0 Å². The molecule has 0 amide bonds. The van der Waals surface area contributed by atoms with E-state index in [0.717, 1.165) is 45.3 Å². The zero-order chi connectivity index (χ0) is 15.6. The molecule has 0 bridgehead atoms. The number of ether oxygens (including phenoxy) is 1. The Balaban J connectivity index is 1.55. The molecule has 2 aliphatic rings. The average molecular weight is 345 g/mol. The Morgan fingerprint density at radius 2 is 2.36 bits per heavy atom. The summed E-state index contributed by atoms with van der Waals surface area (Å²) in [5.74, 6) is 0. The van der Waals surface area contributed by atoms with E-state index in [0.29, 0.717) is 6.54 Å². The molecule has 5 nitrogen and oxygen atoms in total. The van der Waals surface area contributed by atoms with E-state index in [1.54, 1.807) is 11.3 Å². The molecule has 7 heteroatoms.